The van der Waals surface area contributed by atoms with Crippen LogP contribution in [0.15, 0.2) is 18.2 Å². The lowest BCUT2D eigenvalue weighted by Crippen LogP contribution is -2.26. The fourth-order valence-electron chi connectivity index (χ4n) is 1.07. The molecule has 82 valence electrons. The van der Waals surface area contributed by atoms with Crippen LogP contribution in [0.25, 0.3) is 0 Å². The minimum Gasteiger partial charge on any atom is -0.504 e. The van der Waals surface area contributed by atoms with Crippen LogP contribution in [0, 0.1) is 0 Å². The molecule has 0 unspecified atom stereocenters. The summed E-state index contributed by atoms with van der Waals surface area (Å²) in [4.78, 5) is 16.1. The van der Waals surface area contributed by atoms with Gasteiger partial charge in [-0.15, -0.1) is 0 Å². The van der Waals surface area contributed by atoms with Gasteiger partial charge in [-0.05, 0) is 17.7 Å². The summed E-state index contributed by atoms with van der Waals surface area (Å²) >= 11 is 0. The van der Waals surface area contributed by atoms with Gasteiger partial charge in [0.25, 0.3) is 0 Å². The minimum atomic E-state index is -0.236. The lowest BCUT2D eigenvalue weighted by atomic mass is 10.1. The molecule has 0 bridgehead atoms. The van der Waals surface area contributed by atoms with Crippen molar-refractivity contribution >= 4 is 5.91 Å². The van der Waals surface area contributed by atoms with E-state index in [2.05, 4.69) is 0 Å². The van der Waals surface area contributed by atoms with Gasteiger partial charge in [-0.1, -0.05) is 6.07 Å². The normalized spacial score (nSPS) is 10.0. The maximum atomic E-state index is 11.4. The summed E-state index contributed by atoms with van der Waals surface area (Å²) in [5, 5.41) is 19.4. The fourth-order valence-corrected chi connectivity index (χ4v) is 1.07. The molecule has 1 aromatic rings. The standard InChI is InChI=1S/C10H13NO4/c1-11(15-2)10(14)6-7-3-4-8(12)9(13)5-7/h3-5,12-13H,6H2,1-2H3. The van der Waals surface area contributed by atoms with E-state index in [0.717, 1.165) is 5.06 Å². The molecule has 0 fully saturated rings. The smallest absolute Gasteiger partial charge is 0.250 e. The molecule has 1 aromatic carbocycles. The van der Waals surface area contributed by atoms with Gasteiger partial charge in [0.05, 0.1) is 13.5 Å². The summed E-state index contributed by atoms with van der Waals surface area (Å²) in [6.45, 7) is 0. The molecule has 0 radical (unpaired) electrons. The van der Waals surface area contributed by atoms with Crippen molar-refractivity contribution in [3.63, 3.8) is 0 Å². The first-order valence-electron chi connectivity index (χ1n) is 4.36. The van der Waals surface area contributed by atoms with Crippen molar-refractivity contribution in [2.24, 2.45) is 0 Å². The molecule has 1 amide bonds. The van der Waals surface area contributed by atoms with E-state index in [1.54, 1.807) is 6.07 Å². The molecule has 0 aliphatic carbocycles. The first kappa shape index (κ1) is 11.3. The minimum absolute atomic E-state index is 0.109. The number of aromatic hydroxyl groups is 2. The number of hydrogen-bond donors (Lipinski definition) is 2. The van der Waals surface area contributed by atoms with E-state index in [0.29, 0.717) is 5.56 Å². The number of amides is 1. The number of phenolic OH excluding ortho intramolecular Hbond substituents is 2. The molecule has 0 spiro atoms. The van der Waals surface area contributed by atoms with Crippen molar-refractivity contribution in [3.05, 3.63) is 23.8 Å². The van der Waals surface area contributed by atoms with E-state index >= 15 is 0 Å². The molecule has 0 saturated carbocycles. The van der Waals surface area contributed by atoms with E-state index in [-0.39, 0.29) is 23.8 Å². The van der Waals surface area contributed by atoms with Gasteiger partial charge in [0.2, 0.25) is 5.91 Å². The third-order valence-electron chi connectivity index (χ3n) is 2.02. The average molecular weight is 211 g/mol. The largest absolute Gasteiger partial charge is 0.504 e. The van der Waals surface area contributed by atoms with Gasteiger partial charge in [-0.3, -0.25) is 9.63 Å². The fraction of sp³-hybridized carbons (Fsp3) is 0.300. The van der Waals surface area contributed by atoms with Crippen molar-refractivity contribution in [3.8, 4) is 11.5 Å². The van der Waals surface area contributed by atoms with Crippen molar-refractivity contribution in [2.45, 2.75) is 6.42 Å². The Bertz CT molecular complexity index is 364. The number of carbonyl (C=O) groups is 1. The van der Waals surface area contributed by atoms with Crippen LogP contribution in [0.2, 0.25) is 0 Å². The summed E-state index contributed by atoms with van der Waals surface area (Å²) < 4.78 is 0. The van der Waals surface area contributed by atoms with Crippen LogP contribution in [-0.4, -0.2) is 35.3 Å². The average Bonchev–Trinajstić information content (AvgIpc) is 2.22. The molecular formula is C10H13NO4. The molecule has 0 aliphatic rings. The van der Waals surface area contributed by atoms with Crippen LogP contribution in [0.4, 0.5) is 0 Å². The quantitative estimate of drug-likeness (QED) is 0.569. The maximum Gasteiger partial charge on any atom is 0.250 e. The molecule has 15 heavy (non-hydrogen) atoms. The Morgan fingerprint density at radius 2 is 2.07 bits per heavy atom. The Morgan fingerprint density at radius 1 is 1.40 bits per heavy atom. The Labute approximate surface area is 87.5 Å². The van der Waals surface area contributed by atoms with Gasteiger partial charge >= 0.3 is 0 Å². The molecule has 1 rings (SSSR count). The van der Waals surface area contributed by atoms with Crippen LogP contribution in [0.5, 0.6) is 11.5 Å². The highest BCUT2D eigenvalue weighted by molar-refractivity contribution is 5.77. The molecule has 5 heteroatoms. The summed E-state index contributed by atoms with van der Waals surface area (Å²) in [7, 11) is 2.90. The van der Waals surface area contributed by atoms with Crippen molar-refractivity contribution < 1.29 is 19.8 Å². The van der Waals surface area contributed by atoms with Crippen LogP contribution >= 0.6 is 0 Å². The van der Waals surface area contributed by atoms with Crippen LogP contribution in [0.3, 0.4) is 0 Å². The zero-order valence-corrected chi connectivity index (χ0v) is 8.60. The molecule has 0 saturated heterocycles. The summed E-state index contributed by atoms with van der Waals surface area (Å²) in [6.07, 6.45) is 0.109. The highest BCUT2D eigenvalue weighted by atomic mass is 16.7. The Kier molecular flexibility index (Phi) is 3.51. The van der Waals surface area contributed by atoms with Gasteiger partial charge in [0, 0.05) is 7.05 Å². The zero-order valence-electron chi connectivity index (χ0n) is 8.60. The monoisotopic (exact) mass is 211 g/mol. The van der Waals surface area contributed by atoms with Crippen molar-refractivity contribution in [2.75, 3.05) is 14.2 Å². The predicted octanol–water partition coefficient (Wildman–Crippen LogP) is 0.660. The number of carbonyl (C=O) groups excluding carboxylic acids is 1. The number of hydrogen-bond acceptors (Lipinski definition) is 4. The Hall–Kier alpha value is -1.75. The van der Waals surface area contributed by atoms with Gasteiger partial charge in [-0.2, -0.15) is 0 Å². The lowest BCUT2D eigenvalue weighted by Gasteiger charge is -2.13. The number of hydroxylamine groups is 2. The molecule has 0 atom stereocenters. The molecule has 0 aromatic heterocycles. The lowest BCUT2D eigenvalue weighted by molar-refractivity contribution is -0.167. The number of phenols is 2. The van der Waals surface area contributed by atoms with Crippen LogP contribution in [0.1, 0.15) is 5.56 Å². The van der Waals surface area contributed by atoms with Crippen LogP contribution < -0.4 is 0 Å². The van der Waals surface area contributed by atoms with Gasteiger partial charge < -0.3 is 10.2 Å². The van der Waals surface area contributed by atoms with E-state index in [9.17, 15) is 9.90 Å². The highest BCUT2D eigenvalue weighted by Crippen LogP contribution is 2.25. The first-order valence-corrected chi connectivity index (χ1v) is 4.36. The van der Waals surface area contributed by atoms with Gasteiger partial charge in [0.15, 0.2) is 11.5 Å². The van der Waals surface area contributed by atoms with Crippen molar-refractivity contribution in [1.82, 2.24) is 5.06 Å². The van der Waals surface area contributed by atoms with Gasteiger partial charge in [-0.25, -0.2) is 5.06 Å². The zero-order chi connectivity index (χ0) is 11.4. The molecule has 0 heterocycles. The second-order valence-corrected chi connectivity index (χ2v) is 3.07. The topological polar surface area (TPSA) is 70.0 Å². The van der Waals surface area contributed by atoms with E-state index in [4.69, 9.17) is 9.94 Å². The first-order chi connectivity index (χ1) is 7.04. The second-order valence-electron chi connectivity index (χ2n) is 3.07. The molecule has 2 N–H and O–H groups in total. The number of likely N-dealkylation sites (N-methyl/N-ethyl adjacent to an activating group) is 1. The van der Waals surface area contributed by atoms with Crippen LogP contribution in [-0.2, 0) is 16.1 Å². The number of benzene rings is 1. The van der Waals surface area contributed by atoms with Crippen molar-refractivity contribution in [1.29, 1.82) is 0 Å². The number of rotatable bonds is 3. The van der Waals surface area contributed by atoms with E-state index in [1.807, 2.05) is 0 Å². The summed E-state index contributed by atoms with van der Waals surface area (Å²) in [5.41, 5.74) is 0.610. The van der Waals surface area contributed by atoms with E-state index in [1.165, 1.54) is 26.3 Å². The molecule has 0 aliphatic heterocycles. The third kappa shape index (κ3) is 2.85. The van der Waals surface area contributed by atoms with Gasteiger partial charge in [0.1, 0.15) is 0 Å². The van der Waals surface area contributed by atoms with E-state index < -0.39 is 0 Å². The summed E-state index contributed by atoms with van der Waals surface area (Å²) in [6, 6.07) is 4.25. The summed E-state index contributed by atoms with van der Waals surface area (Å²) in [5.74, 6) is -0.672. The molecular weight excluding hydrogens is 198 g/mol. The Morgan fingerprint density at radius 3 is 2.60 bits per heavy atom. The molecule has 5 nitrogen and oxygen atoms in total. The third-order valence-corrected chi connectivity index (χ3v) is 2.02. The predicted molar refractivity (Wildman–Crippen MR) is 53.3 cm³/mol. The number of nitrogens with zero attached hydrogens (tertiary/aromatic N) is 1. The maximum absolute atomic E-state index is 11.4. The SMILES string of the molecule is CON(C)C(=O)Cc1ccc(O)c(O)c1. The second kappa shape index (κ2) is 4.65. The Balaban J connectivity index is 2.73. The highest BCUT2D eigenvalue weighted by Gasteiger charge is 2.10.